The number of carbonyl (C=O) groups is 2. The fraction of sp³-hybridized carbons (Fsp3) is 0.375. The number of anilines is 1. The van der Waals surface area contributed by atoms with Crippen molar-refractivity contribution in [3.05, 3.63) is 52.2 Å². The van der Waals surface area contributed by atoms with Crippen LogP contribution in [0.25, 0.3) is 11.7 Å². The van der Waals surface area contributed by atoms with Gasteiger partial charge in [0, 0.05) is 30.4 Å². The van der Waals surface area contributed by atoms with E-state index in [4.69, 9.17) is 4.74 Å². The highest BCUT2D eigenvalue weighted by atomic mass is 16.5. The highest BCUT2D eigenvalue weighted by Crippen LogP contribution is 2.30. The minimum atomic E-state index is -0.712. The number of ether oxygens (including phenoxy) is 1. The molecular weight excluding hydrogens is 452 g/mol. The first-order valence-electron chi connectivity index (χ1n) is 11.6. The molecule has 5 rings (SSSR count). The highest BCUT2D eigenvalue weighted by Gasteiger charge is 2.30. The van der Waals surface area contributed by atoms with Crippen LogP contribution < -0.4 is 20.5 Å². The maximum atomic E-state index is 13.1. The summed E-state index contributed by atoms with van der Waals surface area (Å²) in [6.45, 7) is 4.98. The Morgan fingerprint density at radius 2 is 2.11 bits per heavy atom. The molecule has 0 unspecified atom stereocenters. The van der Waals surface area contributed by atoms with Crippen LogP contribution in [0.3, 0.4) is 0 Å². The number of carbonyl (C=O) groups excluding carboxylic acids is 2. The van der Waals surface area contributed by atoms with Crippen LogP contribution in [0.4, 0.5) is 5.69 Å². The van der Waals surface area contributed by atoms with Crippen molar-refractivity contribution < 1.29 is 19.4 Å². The van der Waals surface area contributed by atoms with Gasteiger partial charge in [-0.05, 0) is 30.9 Å². The van der Waals surface area contributed by atoms with Gasteiger partial charge >= 0.3 is 0 Å². The molecule has 1 fully saturated rings. The van der Waals surface area contributed by atoms with Crippen molar-refractivity contribution in [2.75, 3.05) is 18.1 Å². The predicted octanol–water partition coefficient (Wildman–Crippen LogP) is 1.58. The molecule has 3 aromatic heterocycles. The Labute approximate surface area is 200 Å². The molecule has 182 valence electrons. The van der Waals surface area contributed by atoms with Gasteiger partial charge in [0.2, 0.25) is 5.88 Å². The monoisotopic (exact) mass is 478 g/mol. The summed E-state index contributed by atoms with van der Waals surface area (Å²) in [7, 11) is 0. The average molecular weight is 479 g/mol. The maximum absolute atomic E-state index is 13.1. The van der Waals surface area contributed by atoms with Gasteiger partial charge in [-0.25, -0.2) is 0 Å². The van der Waals surface area contributed by atoms with Crippen molar-refractivity contribution >= 4 is 29.2 Å². The summed E-state index contributed by atoms with van der Waals surface area (Å²) >= 11 is 0. The van der Waals surface area contributed by atoms with Gasteiger partial charge in [0.05, 0.1) is 24.6 Å². The number of nitrogens with one attached hydrogen (secondary N) is 1. The molecule has 2 aliphatic rings. The van der Waals surface area contributed by atoms with Crippen LogP contribution >= 0.6 is 0 Å². The van der Waals surface area contributed by atoms with Crippen molar-refractivity contribution in [2.24, 2.45) is 5.92 Å². The van der Waals surface area contributed by atoms with E-state index in [1.54, 1.807) is 29.4 Å². The van der Waals surface area contributed by atoms with Crippen LogP contribution in [0.2, 0.25) is 0 Å². The zero-order valence-electron chi connectivity index (χ0n) is 19.5. The summed E-state index contributed by atoms with van der Waals surface area (Å²) in [5.74, 6) is -0.673. The van der Waals surface area contributed by atoms with E-state index in [9.17, 15) is 19.5 Å². The molecule has 0 bridgehead atoms. The molecule has 0 radical (unpaired) electrons. The SMILES string of the molecule is CC(C)Cn1c(O)c(C(=O)NC2CC2)c(=O)n2ncc(C=CC(=O)N3CCOc4cnccc43)c12. The molecule has 1 aliphatic heterocycles. The second kappa shape index (κ2) is 8.90. The first kappa shape index (κ1) is 22.6. The lowest BCUT2D eigenvalue weighted by molar-refractivity contribution is -0.114. The molecule has 0 saturated heterocycles. The summed E-state index contributed by atoms with van der Waals surface area (Å²) in [6.07, 6.45) is 9.24. The van der Waals surface area contributed by atoms with E-state index in [1.807, 2.05) is 13.8 Å². The molecule has 2 N–H and O–H groups in total. The molecule has 11 heteroatoms. The maximum Gasteiger partial charge on any atom is 0.291 e. The second-order valence-electron chi connectivity index (χ2n) is 9.11. The third-order valence-corrected chi connectivity index (χ3v) is 5.90. The van der Waals surface area contributed by atoms with Gasteiger partial charge in [-0.1, -0.05) is 13.8 Å². The Balaban J connectivity index is 1.54. The molecule has 0 aromatic carbocycles. The Bertz CT molecular complexity index is 1400. The number of hydrogen-bond acceptors (Lipinski definition) is 7. The zero-order chi connectivity index (χ0) is 24.7. The van der Waals surface area contributed by atoms with Gasteiger partial charge in [0.25, 0.3) is 17.4 Å². The standard InChI is InChI=1S/C24H26N6O5/c1-14(2)13-29-22-15(3-6-19(31)28-9-10-35-18-12-25-8-7-17(18)28)11-26-30(22)24(34)20(23(29)33)21(32)27-16-4-5-16/h3,6-8,11-12,14,16,33H,4-5,9-10,13H2,1-2H3,(H,27,32). The van der Waals surface area contributed by atoms with Crippen molar-refractivity contribution in [1.82, 2.24) is 24.5 Å². The Morgan fingerprint density at radius 3 is 2.86 bits per heavy atom. The summed E-state index contributed by atoms with van der Waals surface area (Å²) in [6, 6.07) is 1.74. The lowest BCUT2D eigenvalue weighted by Gasteiger charge is -2.28. The van der Waals surface area contributed by atoms with Gasteiger partial charge in [-0.3, -0.25) is 23.9 Å². The average Bonchev–Trinajstić information content (AvgIpc) is 3.55. The minimum absolute atomic E-state index is 0.0266. The second-order valence-corrected chi connectivity index (χ2v) is 9.11. The van der Waals surface area contributed by atoms with Crippen LogP contribution in [0.5, 0.6) is 11.6 Å². The molecule has 4 heterocycles. The van der Waals surface area contributed by atoms with Crippen molar-refractivity contribution in [1.29, 1.82) is 0 Å². The molecular formula is C24H26N6O5. The quantitative estimate of drug-likeness (QED) is 0.514. The Kier molecular flexibility index (Phi) is 5.75. The number of aromatic nitrogens is 4. The Morgan fingerprint density at radius 1 is 1.31 bits per heavy atom. The summed E-state index contributed by atoms with van der Waals surface area (Å²) < 4.78 is 8.16. The van der Waals surface area contributed by atoms with Gasteiger partial charge in [-0.15, -0.1) is 0 Å². The van der Waals surface area contributed by atoms with E-state index >= 15 is 0 Å². The number of aromatic hydroxyl groups is 1. The van der Waals surface area contributed by atoms with E-state index in [2.05, 4.69) is 15.4 Å². The van der Waals surface area contributed by atoms with E-state index in [0.717, 1.165) is 17.4 Å². The third-order valence-electron chi connectivity index (χ3n) is 5.90. The lowest BCUT2D eigenvalue weighted by Crippen LogP contribution is -2.36. The van der Waals surface area contributed by atoms with Gasteiger partial charge in [0.15, 0.2) is 11.3 Å². The molecule has 35 heavy (non-hydrogen) atoms. The minimum Gasteiger partial charge on any atom is -0.494 e. The summed E-state index contributed by atoms with van der Waals surface area (Å²) in [5, 5.41) is 17.9. The number of amides is 2. The van der Waals surface area contributed by atoms with E-state index < -0.39 is 17.3 Å². The summed E-state index contributed by atoms with van der Waals surface area (Å²) in [4.78, 5) is 44.4. The molecule has 2 amide bonds. The van der Waals surface area contributed by atoms with Crippen molar-refractivity contribution in [3.8, 4) is 11.6 Å². The Hall–Kier alpha value is -4.15. The van der Waals surface area contributed by atoms with Crippen LogP contribution in [0, 0.1) is 5.92 Å². The number of pyridine rings is 1. The first-order valence-corrected chi connectivity index (χ1v) is 11.6. The number of nitrogens with zero attached hydrogens (tertiary/aromatic N) is 5. The number of rotatable bonds is 6. The van der Waals surface area contributed by atoms with Crippen LogP contribution in [0.1, 0.15) is 42.6 Å². The normalized spacial score (nSPS) is 15.5. The van der Waals surface area contributed by atoms with Gasteiger partial charge in [-0.2, -0.15) is 9.61 Å². The fourth-order valence-electron chi connectivity index (χ4n) is 4.10. The summed E-state index contributed by atoms with van der Waals surface area (Å²) in [5.41, 5.74) is 0.347. The molecule has 1 saturated carbocycles. The van der Waals surface area contributed by atoms with Crippen LogP contribution in [-0.2, 0) is 11.3 Å². The van der Waals surface area contributed by atoms with E-state index in [0.29, 0.717) is 42.3 Å². The van der Waals surface area contributed by atoms with Gasteiger partial charge < -0.3 is 20.1 Å². The zero-order valence-corrected chi connectivity index (χ0v) is 19.5. The molecule has 1 aliphatic carbocycles. The molecule has 0 spiro atoms. The molecule has 11 nitrogen and oxygen atoms in total. The smallest absolute Gasteiger partial charge is 0.291 e. The van der Waals surface area contributed by atoms with E-state index in [1.165, 1.54) is 16.8 Å². The predicted molar refractivity (Wildman–Crippen MR) is 128 cm³/mol. The number of hydrogen-bond donors (Lipinski definition) is 2. The lowest BCUT2D eigenvalue weighted by atomic mass is 10.2. The van der Waals surface area contributed by atoms with Gasteiger partial charge in [0.1, 0.15) is 12.3 Å². The fourth-order valence-corrected chi connectivity index (χ4v) is 4.10. The highest BCUT2D eigenvalue weighted by molar-refractivity contribution is 6.05. The largest absolute Gasteiger partial charge is 0.494 e. The first-order chi connectivity index (χ1) is 16.8. The van der Waals surface area contributed by atoms with Crippen LogP contribution in [-0.4, -0.2) is 55.3 Å². The molecule has 3 aromatic rings. The molecule has 0 atom stereocenters. The topological polar surface area (TPSA) is 131 Å². The van der Waals surface area contributed by atoms with Crippen LogP contribution in [0.15, 0.2) is 35.5 Å². The third kappa shape index (κ3) is 4.25. The van der Waals surface area contributed by atoms with Crippen molar-refractivity contribution in [2.45, 2.75) is 39.3 Å². The van der Waals surface area contributed by atoms with E-state index in [-0.39, 0.29) is 23.4 Å². The number of fused-ring (bicyclic) bond motifs is 2. The van der Waals surface area contributed by atoms with Crippen molar-refractivity contribution in [3.63, 3.8) is 0 Å².